The maximum Gasteiger partial charge on any atom is 0.231 e. The summed E-state index contributed by atoms with van der Waals surface area (Å²) in [5.74, 6) is 0.0946. The van der Waals surface area contributed by atoms with Crippen molar-refractivity contribution >= 4 is 11.8 Å². The van der Waals surface area contributed by atoms with Gasteiger partial charge >= 0.3 is 0 Å². The standard InChI is InChI=1S/C41H56F2N3O6/c1-23-15-32(46(24(2)47)19-25-16-26(42)18-27(43)17-25)52-35-34(23)38(5)11-12-41-22-40(41)10-9-30(51-33-21-45(13-14-50-33)20-31(44)48)37(3,4)28(40)7-8-29(41)39(38,6)36(35)49/h16-18,23,28,30,33-34,36,49H,7-15,19-22H2,1-6H3,(H2,44,48)/t23-,28+,30+,33+,34+,36+,38-,39-,40-,41+/m1/s1. The average Bonchev–Trinajstić information content (AvgIpc) is 3.69. The highest BCUT2D eigenvalue weighted by Gasteiger charge is 2.85. The second-order valence-corrected chi connectivity index (χ2v) is 18.4. The molecule has 11 heteroatoms. The Morgan fingerprint density at radius 3 is 2.52 bits per heavy atom. The molecule has 2 saturated heterocycles. The zero-order valence-electron chi connectivity index (χ0n) is 31.6. The van der Waals surface area contributed by atoms with Crippen molar-refractivity contribution in [2.24, 2.45) is 50.6 Å². The first-order valence-electron chi connectivity index (χ1n) is 19.4. The Bertz CT molecular complexity index is 1590. The van der Waals surface area contributed by atoms with E-state index in [1.54, 1.807) is 0 Å². The lowest BCUT2D eigenvalue weighted by molar-refractivity contribution is -0.242. The van der Waals surface area contributed by atoms with E-state index >= 15 is 0 Å². The monoisotopic (exact) mass is 724 g/mol. The number of hydrogen-bond donors (Lipinski definition) is 2. The molecule has 1 aromatic carbocycles. The van der Waals surface area contributed by atoms with E-state index < -0.39 is 23.2 Å². The van der Waals surface area contributed by atoms with Crippen LogP contribution in [0.1, 0.15) is 98.5 Å². The van der Waals surface area contributed by atoms with Gasteiger partial charge in [-0.05, 0) is 102 Å². The molecule has 7 fully saturated rings. The first kappa shape index (κ1) is 36.8. The van der Waals surface area contributed by atoms with E-state index in [2.05, 4.69) is 34.6 Å². The van der Waals surface area contributed by atoms with Crippen molar-refractivity contribution in [2.45, 2.75) is 118 Å². The van der Waals surface area contributed by atoms with Gasteiger partial charge in [0.2, 0.25) is 11.8 Å². The summed E-state index contributed by atoms with van der Waals surface area (Å²) in [4.78, 5) is 28.1. The Hall–Kier alpha value is -2.18. The largest absolute Gasteiger partial charge is 0.389 e. The van der Waals surface area contributed by atoms with Crippen molar-refractivity contribution in [3.63, 3.8) is 0 Å². The molecule has 0 aromatic heterocycles. The zero-order chi connectivity index (χ0) is 37.2. The van der Waals surface area contributed by atoms with Gasteiger partial charge in [-0.2, -0.15) is 0 Å². The summed E-state index contributed by atoms with van der Waals surface area (Å²) < 4.78 is 47.7. The number of rotatable bonds is 7. The molecule has 5 aliphatic carbocycles. The van der Waals surface area contributed by atoms with Crippen LogP contribution in [-0.2, 0) is 30.3 Å². The highest BCUT2D eigenvalue weighted by Crippen LogP contribution is 2.90. The molecule has 2 amide bonds. The number of morpholine rings is 1. The van der Waals surface area contributed by atoms with Crippen LogP contribution in [0.3, 0.4) is 0 Å². The Kier molecular flexibility index (Phi) is 8.78. The van der Waals surface area contributed by atoms with E-state index in [4.69, 9.17) is 19.9 Å². The van der Waals surface area contributed by atoms with Crippen LogP contribution < -0.4 is 5.73 Å². The molecular formula is C41H56F2N3O6. The second kappa shape index (κ2) is 12.4. The van der Waals surface area contributed by atoms with Crippen LogP contribution in [0.25, 0.3) is 0 Å². The Balaban J connectivity index is 1.02. The predicted octanol–water partition coefficient (Wildman–Crippen LogP) is 5.90. The van der Waals surface area contributed by atoms with Crippen LogP contribution in [0.4, 0.5) is 8.78 Å². The second-order valence-electron chi connectivity index (χ2n) is 18.4. The fourth-order valence-corrected chi connectivity index (χ4v) is 13.3. The number of carbonyl (C=O) groups excluding carboxylic acids is 2. The van der Waals surface area contributed by atoms with E-state index in [1.807, 2.05) is 4.90 Å². The lowest BCUT2D eigenvalue weighted by atomic mass is 9.41. The summed E-state index contributed by atoms with van der Waals surface area (Å²) in [5.41, 5.74) is 5.28. The van der Waals surface area contributed by atoms with Gasteiger partial charge in [0, 0.05) is 43.8 Å². The lowest BCUT2D eigenvalue weighted by Crippen LogP contribution is -2.59. The van der Waals surface area contributed by atoms with Crippen LogP contribution in [0, 0.1) is 74.7 Å². The number of carbonyl (C=O) groups is 2. The molecule has 5 saturated carbocycles. The molecule has 0 bridgehead atoms. The third-order valence-corrected chi connectivity index (χ3v) is 15.7. The molecule has 3 radical (unpaired) electrons. The van der Waals surface area contributed by atoms with E-state index in [1.165, 1.54) is 29.9 Å². The number of amides is 2. The maximum absolute atomic E-state index is 14.1. The molecule has 1 aromatic rings. The average molecular weight is 725 g/mol. The third kappa shape index (κ3) is 5.21. The summed E-state index contributed by atoms with van der Waals surface area (Å²) in [7, 11) is 0. The summed E-state index contributed by atoms with van der Waals surface area (Å²) >= 11 is 0. The highest BCUT2D eigenvalue weighted by atomic mass is 19.1. The molecule has 52 heavy (non-hydrogen) atoms. The summed E-state index contributed by atoms with van der Waals surface area (Å²) in [6, 6.07) is 3.31. The van der Waals surface area contributed by atoms with Gasteiger partial charge in [-0.1, -0.05) is 34.6 Å². The molecule has 2 spiro atoms. The van der Waals surface area contributed by atoms with Crippen molar-refractivity contribution < 1.29 is 37.7 Å². The number of hydrogen-bond acceptors (Lipinski definition) is 7. The van der Waals surface area contributed by atoms with E-state index in [0.29, 0.717) is 49.9 Å². The topological polar surface area (TPSA) is 115 Å². The van der Waals surface area contributed by atoms with Gasteiger partial charge < -0.3 is 30.0 Å². The van der Waals surface area contributed by atoms with Gasteiger partial charge in [0.1, 0.15) is 17.7 Å². The number of benzene rings is 1. The third-order valence-electron chi connectivity index (χ3n) is 15.7. The van der Waals surface area contributed by atoms with Crippen LogP contribution in [0.2, 0.25) is 0 Å². The number of aliphatic hydroxyl groups is 1. The zero-order valence-corrected chi connectivity index (χ0v) is 31.6. The molecule has 8 rings (SSSR count). The van der Waals surface area contributed by atoms with Gasteiger partial charge in [0.15, 0.2) is 12.5 Å². The van der Waals surface area contributed by atoms with Gasteiger partial charge in [-0.25, -0.2) is 8.78 Å². The Morgan fingerprint density at radius 2 is 1.83 bits per heavy atom. The molecule has 10 atom stereocenters. The maximum atomic E-state index is 14.1. The minimum absolute atomic E-state index is 0.0131. The van der Waals surface area contributed by atoms with E-state index in [0.717, 1.165) is 51.0 Å². The Labute approximate surface area is 307 Å². The molecule has 0 unspecified atom stereocenters. The van der Waals surface area contributed by atoms with E-state index in [9.17, 15) is 23.5 Å². The smallest absolute Gasteiger partial charge is 0.231 e. The number of fused-ring (bicyclic) bond motifs is 4. The molecule has 9 nitrogen and oxygen atoms in total. The van der Waals surface area contributed by atoms with Gasteiger partial charge in [0.25, 0.3) is 0 Å². The van der Waals surface area contributed by atoms with Crippen molar-refractivity contribution in [3.8, 4) is 0 Å². The van der Waals surface area contributed by atoms with E-state index in [-0.39, 0.29) is 70.8 Å². The van der Waals surface area contributed by atoms with Crippen LogP contribution in [0.15, 0.2) is 18.2 Å². The number of halogens is 2. The summed E-state index contributed by atoms with van der Waals surface area (Å²) in [6.45, 7) is 14.9. The lowest BCUT2D eigenvalue weighted by Gasteiger charge is -2.63. The molecule has 2 heterocycles. The number of primary amides is 1. The van der Waals surface area contributed by atoms with Crippen molar-refractivity contribution in [1.82, 2.24) is 9.80 Å². The summed E-state index contributed by atoms with van der Waals surface area (Å²) in [6.07, 6.45) is 7.66. The number of aliphatic hydroxyl groups excluding tert-OH is 1. The highest BCUT2D eigenvalue weighted by molar-refractivity contribution is 5.76. The van der Waals surface area contributed by atoms with Crippen molar-refractivity contribution in [1.29, 1.82) is 0 Å². The van der Waals surface area contributed by atoms with Gasteiger partial charge in [0.05, 0.1) is 31.9 Å². The number of ether oxygens (including phenoxy) is 3. The minimum Gasteiger partial charge on any atom is -0.389 e. The number of nitrogens with two attached hydrogens (primary N) is 1. The van der Waals surface area contributed by atoms with Crippen LogP contribution in [0.5, 0.6) is 0 Å². The first-order chi connectivity index (χ1) is 24.5. The Morgan fingerprint density at radius 1 is 1.10 bits per heavy atom. The van der Waals surface area contributed by atoms with Crippen LogP contribution in [-0.4, -0.2) is 71.5 Å². The number of nitrogens with zero attached hydrogens (tertiary/aromatic N) is 2. The fourth-order valence-electron chi connectivity index (χ4n) is 13.3. The molecule has 7 aliphatic rings. The van der Waals surface area contributed by atoms with Crippen LogP contribution >= 0.6 is 0 Å². The minimum atomic E-state index is -0.832. The summed E-state index contributed by atoms with van der Waals surface area (Å²) in [5, 5.41) is 12.6. The first-order valence-corrected chi connectivity index (χ1v) is 19.4. The molecular weight excluding hydrogens is 668 g/mol. The molecule has 285 valence electrons. The quantitative estimate of drug-likeness (QED) is 0.360. The molecule has 3 N–H and O–H groups in total. The normalized spacial score (nSPS) is 43.1. The fraction of sp³-hybridized carbons (Fsp3) is 0.732. The van der Waals surface area contributed by atoms with Crippen molar-refractivity contribution in [3.05, 3.63) is 53.6 Å². The van der Waals surface area contributed by atoms with Gasteiger partial charge in [-0.3, -0.25) is 14.5 Å². The predicted molar refractivity (Wildman–Crippen MR) is 188 cm³/mol. The SMILES string of the molecule is CC(=O)N(Cc1cc(F)cc(F)c1)[C]1C[C@@H](C)[C@H]2[C](O1)[C@H](O)[C@@]1(C)[C]3CC[C@H]4C(C)(C)[C@@H](O[C@H]5CN(CC(N)=O)CCO5)CC[C@@]45C[C@@]35CC[C@]21C. The molecule has 2 aliphatic heterocycles. The van der Waals surface area contributed by atoms with Gasteiger partial charge in [-0.15, -0.1) is 0 Å². The van der Waals surface area contributed by atoms with Crippen molar-refractivity contribution in [2.75, 3.05) is 26.2 Å².